The molecule has 1 N–H and O–H groups in total. The Bertz CT molecular complexity index is 543. The molecule has 6 heteroatoms. The van der Waals surface area contributed by atoms with Crippen molar-refractivity contribution in [3.05, 3.63) is 45.9 Å². The minimum absolute atomic E-state index is 0.217. The molecule has 0 spiro atoms. The van der Waals surface area contributed by atoms with Gasteiger partial charge in [-0.05, 0) is 46.9 Å². The van der Waals surface area contributed by atoms with Gasteiger partial charge < -0.3 is 9.84 Å². The first kappa shape index (κ1) is 11.8. The molecule has 1 aromatic carbocycles. The van der Waals surface area contributed by atoms with Crippen molar-refractivity contribution < 1.29 is 14.6 Å². The number of hydrogen-bond acceptors (Lipinski definition) is 4. The van der Waals surface area contributed by atoms with Gasteiger partial charge in [0.2, 0.25) is 5.88 Å². The zero-order chi connectivity index (χ0) is 12.3. The zero-order valence-electron chi connectivity index (χ0n) is 8.50. The Balaban J connectivity index is 2.20. The van der Waals surface area contributed by atoms with Crippen LogP contribution < -0.4 is 4.74 Å². The lowest BCUT2D eigenvalue weighted by molar-refractivity contribution is 0.0697. The summed E-state index contributed by atoms with van der Waals surface area (Å²) in [5.41, 5.74) is 0.217. The van der Waals surface area contributed by atoms with Crippen LogP contribution in [0.1, 0.15) is 10.4 Å². The Hall–Kier alpha value is -1.70. The van der Waals surface area contributed by atoms with Crippen LogP contribution >= 0.6 is 22.6 Å². The summed E-state index contributed by atoms with van der Waals surface area (Å²) in [7, 11) is 0. The maximum absolute atomic E-state index is 10.7. The number of carboxylic acids is 1. The van der Waals surface area contributed by atoms with Crippen molar-refractivity contribution in [1.82, 2.24) is 9.97 Å². The van der Waals surface area contributed by atoms with E-state index in [9.17, 15) is 4.79 Å². The highest BCUT2D eigenvalue weighted by molar-refractivity contribution is 14.1. The molecular weight excluding hydrogens is 335 g/mol. The summed E-state index contributed by atoms with van der Waals surface area (Å²) in [6, 6.07) is 6.13. The average molecular weight is 342 g/mol. The third kappa shape index (κ3) is 2.90. The van der Waals surface area contributed by atoms with E-state index in [0.717, 1.165) is 3.57 Å². The first-order valence-electron chi connectivity index (χ1n) is 4.63. The number of halogens is 1. The molecule has 0 aliphatic carbocycles. The molecule has 0 radical (unpaired) electrons. The minimum atomic E-state index is -0.965. The molecule has 0 bridgehead atoms. The second kappa shape index (κ2) is 5.09. The summed E-state index contributed by atoms with van der Waals surface area (Å²) in [5, 5.41) is 8.75. The fourth-order valence-corrected chi connectivity index (χ4v) is 1.56. The molecule has 5 nitrogen and oxygen atoms in total. The molecule has 0 amide bonds. The van der Waals surface area contributed by atoms with Crippen LogP contribution in [0.5, 0.6) is 11.6 Å². The van der Waals surface area contributed by atoms with E-state index >= 15 is 0 Å². The normalized spacial score (nSPS) is 9.94. The lowest BCUT2D eigenvalue weighted by atomic mass is 10.2. The lowest BCUT2D eigenvalue weighted by Gasteiger charge is -2.05. The fraction of sp³-hybridized carbons (Fsp3) is 0. The third-order valence-corrected chi connectivity index (χ3v) is 2.69. The molecule has 86 valence electrons. The Kier molecular flexibility index (Phi) is 3.52. The van der Waals surface area contributed by atoms with Crippen LogP contribution in [0, 0.1) is 3.57 Å². The Morgan fingerprint density at radius 2 is 2.00 bits per heavy atom. The topological polar surface area (TPSA) is 72.3 Å². The first-order valence-corrected chi connectivity index (χ1v) is 5.71. The molecule has 0 saturated carbocycles. The van der Waals surface area contributed by atoms with Crippen molar-refractivity contribution in [2.45, 2.75) is 0 Å². The van der Waals surface area contributed by atoms with Gasteiger partial charge in [0.25, 0.3) is 0 Å². The van der Waals surface area contributed by atoms with Crippen molar-refractivity contribution in [3.63, 3.8) is 0 Å². The van der Waals surface area contributed by atoms with Gasteiger partial charge in [-0.2, -0.15) is 0 Å². The summed E-state index contributed by atoms with van der Waals surface area (Å²) < 4.78 is 6.28. The SMILES string of the molecule is O=C(O)c1ccc(Oc2ncncc2I)cc1. The predicted octanol–water partition coefficient (Wildman–Crippen LogP) is 2.57. The number of ether oxygens (including phenoxy) is 1. The largest absolute Gasteiger partial charge is 0.478 e. The van der Waals surface area contributed by atoms with Crippen molar-refractivity contribution in [2.24, 2.45) is 0 Å². The molecule has 17 heavy (non-hydrogen) atoms. The Labute approximate surface area is 111 Å². The number of hydrogen-bond donors (Lipinski definition) is 1. The molecule has 0 saturated heterocycles. The van der Waals surface area contributed by atoms with Crippen LogP contribution in [0.25, 0.3) is 0 Å². The van der Waals surface area contributed by atoms with Gasteiger partial charge in [-0.25, -0.2) is 14.8 Å². The van der Waals surface area contributed by atoms with E-state index in [4.69, 9.17) is 9.84 Å². The van der Waals surface area contributed by atoms with Gasteiger partial charge in [-0.1, -0.05) is 0 Å². The van der Waals surface area contributed by atoms with Crippen molar-refractivity contribution >= 4 is 28.6 Å². The van der Waals surface area contributed by atoms with E-state index in [1.807, 2.05) is 0 Å². The van der Waals surface area contributed by atoms with Crippen LogP contribution in [-0.4, -0.2) is 21.0 Å². The number of aromatic carboxylic acids is 1. The smallest absolute Gasteiger partial charge is 0.335 e. The molecule has 2 rings (SSSR count). The van der Waals surface area contributed by atoms with E-state index in [-0.39, 0.29) is 5.56 Å². The maximum atomic E-state index is 10.7. The van der Waals surface area contributed by atoms with Crippen molar-refractivity contribution in [2.75, 3.05) is 0 Å². The molecule has 1 aromatic heterocycles. The number of carbonyl (C=O) groups is 1. The number of aromatic nitrogens is 2. The van der Waals surface area contributed by atoms with Gasteiger partial charge in [0.05, 0.1) is 9.13 Å². The highest BCUT2D eigenvalue weighted by Gasteiger charge is 2.05. The molecular formula is C11H7IN2O3. The number of carboxylic acid groups (broad SMARTS) is 1. The van der Waals surface area contributed by atoms with Crippen LogP contribution in [0.15, 0.2) is 36.8 Å². The van der Waals surface area contributed by atoms with Crippen LogP contribution in [0.4, 0.5) is 0 Å². The molecule has 2 aromatic rings. The standard InChI is InChI=1S/C11H7IN2O3/c12-9-5-13-6-14-10(9)17-8-3-1-7(2-4-8)11(15)16/h1-6H,(H,15,16). The summed E-state index contributed by atoms with van der Waals surface area (Å²) in [5.74, 6) is 0.0171. The third-order valence-electron chi connectivity index (χ3n) is 1.95. The van der Waals surface area contributed by atoms with E-state index in [2.05, 4.69) is 32.6 Å². The maximum Gasteiger partial charge on any atom is 0.335 e. The van der Waals surface area contributed by atoms with Crippen LogP contribution in [0.2, 0.25) is 0 Å². The zero-order valence-corrected chi connectivity index (χ0v) is 10.7. The minimum Gasteiger partial charge on any atom is -0.478 e. The number of rotatable bonds is 3. The summed E-state index contributed by atoms with van der Waals surface area (Å²) in [4.78, 5) is 18.5. The van der Waals surface area contributed by atoms with Gasteiger partial charge in [0.15, 0.2) is 0 Å². The quantitative estimate of drug-likeness (QED) is 0.868. The predicted molar refractivity (Wildman–Crippen MR) is 68.2 cm³/mol. The molecule has 0 unspecified atom stereocenters. The summed E-state index contributed by atoms with van der Waals surface area (Å²) in [6.45, 7) is 0. The number of nitrogens with zero attached hydrogens (tertiary/aromatic N) is 2. The first-order chi connectivity index (χ1) is 8.16. The van der Waals surface area contributed by atoms with Crippen molar-refractivity contribution in [3.8, 4) is 11.6 Å². The highest BCUT2D eigenvalue weighted by atomic mass is 127. The van der Waals surface area contributed by atoms with Crippen molar-refractivity contribution in [1.29, 1.82) is 0 Å². The van der Waals surface area contributed by atoms with E-state index in [0.29, 0.717) is 11.6 Å². The Morgan fingerprint density at radius 3 is 2.59 bits per heavy atom. The molecule has 0 aliphatic rings. The lowest BCUT2D eigenvalue weighted by Crippen LogP contribution is -1.96. The van der Waals surface area contributed by atoms with Gasteiger partial charge in [-0.3, -0.25) is 0 Å². The van der Waals surface area contributed by atoms with Crippen LogP contribution in [0.3, 0.4) is 0 Å². The van der Waals surface area contributed by atoms with Gasteiger partial charge in [-0.15, -0.1) is 0 Å². The molecule has 0 aliphatic heterocycles. The molecule has 0 atom stereocenters. The molecule has 1 heterocycles. The van der Waals surface area contributed by atoms with E-state index in [1.165, 1.54) is 18.5 Å². The van der Waals surface area contributed by atoms with Gasteiger partial charge in [0, 0.05) is 6.20 Å². The molecule has 0 fully saturated rings. The fourth-order valence-electron chi connectivity index (χ4n) is 1.15. The van der Waals surface area contributed by atoms with Gasteiger partial charge >= 0.3 is 5.97 Å². The van der Waals surface area contributed by atoms with Gasteiger partial charge in [0.1, 0.15) is 12.1 Å². The monoisotopic (exact) mass is 342 g/mol. The highest BCUT2D eigenvalue weighted by Crippen LogP contribution is 2.23. The van der Waals surface area contributed by atoms with Crippen LogP contribution in [-0.2, 0) is 0 Å². The van der Waals surface area contributed by atoms with E-state index in [1.54, 1.807) is 18.3 Å². The summed E-state index contributed by atoms with van der Waals surface area (Å²) >= 11 is 2.06. The number of benzene rings is 1. The van der Waals surface area contributed by atoms with E-state index < -0.39 is 5.97 Å². The average Bonchev–Trinajstić information content (AvgIpc) is 2.33. The second-order valence-corrected chi connectivity index (χ2v) is 4.27. The second-order valence-electron chi connectivity index (χ2n) is 3.11. The Morgan fingerprint density at radius 1 is 1.29 bits per heavy atom. The summed E-state index contributed by atoms with van der Waals surface area (Å²) in [6.07, 6.45) is 3.03.